The smallest absolute Gasteiger partial charge is 0.411 e. The van der Waals surface area contributed by atoms with E-state index in [2.05, 4.69) is 25.7 Å². The van der Waals surface area contributed by atoms with Crippen molar-refractivity contribution in [1.82, 2.24) is 10.6 Å². The first-order chi connectivity index (χ1) is 12.7. The molecule has 26 heavy (non-hydrogen) atoms. The summed E-state index contributed by atoms with van der Waals surface area (Å²) in [5.74, 6) is 0.765. The van der Waals surface area contributed by atoms with Gasteiger partial charge in [-0.2, -0.15) is 0 Å². The SMILES string of the molecule is CCNC(=NCc1ccc(NC(=O)OC)cc1)NCCCOCCOC. The van der Waals surface area contributed by atoms with Gasteiger partial charge in [0.05, 0.1) is 26.9 Å². The van der Waals surface area contributed by atoms with Gasteiger partial charge in [-0.25, -0.2) is 9.79 Å². The van der Waals surface area contributed by atoms with Crippen molar-refractivity contribution in [3.05, 3.63) is 29.8 Å². The summed E-state index contributed by atoms with van der Waals surface area (Å²) >= 11 is 0. The normalized spacial score (nSPS) is 11.1. The van der Waals surface area contributed by atoms with Crippen molar-refractivity contribution >= 4 is 17.7 Å². The summed E-state index contributed by atoms with van der Waals surface area (Å²) in [5, 5.41) is 9.11. The molecule has 146 valence electrons. The first kappa shape index (κ1) is 21.7. The van der Waals surface area contributed by atoms with Gasteiger partial charge in [0.2, 0.25) is 0 Å². The van der Waals surface area contributed by atoms with Crippen LogP contribution in [0.15, 0.2) is 29.3 Å². The second-order valence-electron chi connectivity index (χ2n) is 5.39. The molecule has 1 aromatic rings. The van der Waals surface area contributed by atoms with Crippen molar-refractivity contribution in [2.75, 3.05) is 52.4 Å². The van der Waals surface area contributed by atoms with Gasteiger partial charge < -0.3 is 24.8 Å². The molecule has 0 spiro atoms. The van der Waals surface area contributed by atoms with Crippen LogP contribution in [0.4, 0.5) is 10.5 Å². The van der Waals surface area contributed by atoms with Gasteiger partial charge in [0.25, 0.3) is 0 Å². The maximum Gasteiger partial charge on any atom is 0.411 e. The Labute approximate surface area is 155 Å². The van der Waals surface area contributed by atoms with Crippen LogP contribution in [-0.4, -0.2) is 59.2 Å². The molecule has 0 saturated carbocycles. The summed E-state index contributed by atoms with van der Waals surface area (Å²) in [6.45, 7) is 6.05. The predicted molar refractivity (Wildman–Crippen MR) is 103 cm³/mol. The molecule has 0 aliphatic carbocycles. The largest absolute Gasteiger partial charge is 0.453 e. The number of carbonyl (C=O) groups is 1. The van der Waals surface area contributed by atoms with Gasteiger partial charge in [0.15, 0.2) is 5.96 Å². The zero-order chi connectivity index (χ0) is 19.0. The molecule has 8 heteroatoms. The summed E-state index contributed by atoms with van der Waals surface area (Å²) in [7, 11) is 2.99. The second-order valence-corrected chi connectivity index (χ2v) is 5.39. The van der Waals surface area contributed by atoms with Crippen molar-refractivity contribution < 1.29 is 19.0 Å². The Balaban J connectivity index is 2.39. The average molecular weight is 366 g/mol. The number of anilines is 1. The zero-order valence-corrected chi connectivity index (χ0v) is 15.8. The van der Waals surface area contributed by atoms with E-state index in [1.54, 1.807) is 7.11 Å². The van der Waals surface area contributed by atoms with Crippen LogP contribution < -0.4 is 16.0 Å². The molecule has 1 amide bonds. The molecule has 0 aromatic heterocycles. The van der Waals surface area contributed by atoms with Crippen molar-refractivity contribution in [3.63, 3.8) is 0 Å². The number of amides is 1. The lowest BCUT2D eigenvalue weighted by Gasteiger charge is -2.11. The third-order valence-electron chi connectivity index (χ3n) is 3.34. The van der Waals surface area contributed by atoms with Crippen molar-refractivity contribution in [3.8, 4) is 0 Å². The van der Waals surface area contributed by atoms with Gasteiger partial charge in [-0.3, -0.25) is 5.32 Å². The van der Waals surface area contributed by atoms with Gasteiger partial charge in [0, 0.05) is 32.5 Å². The standard InChI is InChI=1S/C18H30N4O4/c1-4-19-17(20-10-5-11-26-13-12-24-2)21-14-15-6-8-16(9-7-15)22-18(23)25-3/h6-9H,4-5,10-14H2,1-3H3,(H,22,23)(H2,19,20,21). The van der Waals surface area contributed by atoms with Gasteiger partial charge in [0.1, 0.15) is 0 Å². The van der Waals surface area contributed by atoms with Crippen LogP contribution in [0.3, 0.4) is 0 Å². The molecule has 8 nitrogen and oxygen atoms in total. The number of hydrogen-bond donors (Lipinski definition) is 3. The molecule has 0 bridgehead atoms. The Kier molecular flexibility index (Phi) is 11.6. The van der Waals surface area contributed by atoms with Crippen LogP contribution in [0.1, 0.15) is 18.9 Å². The van der Waals surface area contributed by atoms with E-state index in [1.807, 2.05) is 31.2 Å². The Morgan fingerprint density at radius 3 is 2.50 bits per heavy atom. The second kappa shape index (κ2) is 13.9. The summed E-state index contributed by atoms with van der Waals surface area (Å²) in [6.07, 6.45) is 0.405. The Bertz CT molecular complexity index is 534. The van der Waals surface area contributed by atoms with Crippen molar-refractivity contribution in [2.24, 2.45) is 4.99 Å². The van der Waals surface area contributed by atoms with Crippen LogP contribution >= 0.6 is 0 Å². The Hall–Kier alpha value is -2.32. The number of hydrogen-bond acceptors (Lipinski definition) is 5. The lowest BCUT2D eigenvalue weighted by atomic mass is 10.2. The fraction of sp³-hybridized carbons (Fsp3) is 0.556. The van der Waals surface area contributed by atoms with Gasteiger partial charge in [-0.05, 0) is 31.0 Å². The van der Waals surface area contributed by atoms with Crippen molar-refractivity contribution in [1.29, 1.82) is 0 Å². The number of ether oxygens (including phenoxy) is 3. The molecule has 0 unspecified atom stereocenters. The number of aliphatic imine (C=N–C) groups is 1. The number of nitrogens with zero attached hydrogens (tertiary/aromatic N) is 1. The van der Waals surface area contributed by atoms with E-state index in [4.69, 9.17) is 9.47 Å². The van der Waals surface area contributed by atoms with Crippen LogP contribution in [0.2, 0.25) is 0 Å². The quantitative estimate of drug-likeness (QED) is 0.315. The van der Waals surface area contributed by atoms with Crippen molar-refractivity contribution in [2.45, 2.75) is 19.9 Å². The number of methoxy groups -OCH3 is 2. The van der Waals surface area contributed by atoms with Gasteiger partial charge in [-0.1, -0.05) is 12.1 Å². The van der Waals surface area contributed by atoms with E-state index in [1.165, 1.54) is 7.11 Å². The predicted octanol–water partition coefficient (Wildman–Crippen LogP) is 1.97. The average Bonchev–Trinajstić information content (AvgIpc) is 2.66. The summed E-state index contributed by atoms with van der Waals surface area (Å²) < 4.78 is 14.9. The highest BCUT2D eigenvalue weighted by atomic mass is 16.5. The summed E-state index contributed by atoms with van der Waals surface area (Å²) in [4.78, 5) is 15.7. The maximum absolute atomic E-state index is 11.2. The van der Waals surface area contributed by atoms with Crippen LogP contribution in [-0.2, 0) is 20.8 Å². The van der Waals surface area contributed by atoms with E-state index in [9.17, 15) is 4.79 Å². The molecule has 0 aliphatic rings. The van der Waals surface area contributed by atoms with E-state index >= 15 is 0 Å². The van der Waals surface area contributed by atoms with Crippen LogP contribution in [0, 0.1) is 0 Å². The molecule has 1 aromatic carbocycles. The third-order valence-corrected chi connectivity index (χ3v) is 3.34. The molecule has 3 N–H and O–H groups in total. The number of carbonyl (C=O) groups excluding carboxylic acids is 1. The maximum atomic E-state index is 11.2. The van der Waals surface area contributed by atoms with E-state index in [0.29, 0.717) is 32.1 Å². The lowest BCUT2D eigenvalue weighted by molar-refractivity contribution is 0.0698. The fourth-order valence-electron chi connectivity index (χ4n) is 2.00. The van der Waals surface area contributed by atoms with Gasteiger partial charge >= 0.3 is 6.09 Å². The van der Waals surface area contributed by atoms with E-state index < -0.39 is 6.09 Å². The lowest BCUT2D eigenvalue weighted by Crippen LogP contribution is -2.38. The first-order valence-corrected chi connectivity index (χ1v) is 8.72. The minimum absolute atomic E-state index is 0.486. The molecule has 0 aliphatic heterocycles. The minimum atomic E-state index is -0.486. The molecule has 1 rings (SSSR count). The molecule has 0 saturated heterocycles. The first-order valence-electron chi connectivity index (χ1n) is 8.72. The van der Waals surface area contributed by atoms with E-state index in [-0.39, 0.29) is 0 Å². The number of benzene rings is 1. The fourth-order valence-corrected chi connectivity index (χ4v) is 2.00. The monoisotopic (exact) mass is 366 g/mol. The number of rotatable bonds is 11. The van der Waals surface area contributed by atoms with Crippen LogP contribution in [0.25, 0.3) is 0 Å². The Morgan fingerprint density at radius 2 is 1.85 bits per heavy atom. The topological polar surface area (TPSA) is 93.2 Å². The highest BCUT2D eigenvalue weighted by Crippen LogP contribution is 2.10. The summed E-state index contributed by atoms with van der Waals surface area (Å²) in [5.41, 5.74) is 1.73. The summed E-state index contributed by atoms with van der Waals surface area (Å²) in [6, 6.07) is 7.48. The highest BCUT2D eigenvalue weighted by molar-refractivity contribution is 5.84. The Morgan fingerprint density at radius 1 is 1.08 bits per heavy atom. The third kappa shape index (κ3) is 9.85. The number of nitrogens with one attached hydrogen (secondary N) is 3. The molecular formula is C18H30N4O4. The van der Waals surface area contributed by atoms with Gasteiger partial charge in [-0.15, -0.1) is 0 Å². The zero-order valence-electron chi connectivity index (χ0n) is 15.8. The molecule has 0 heterocycles. The molecule has 0 radical (unpaired) electrons. The van der Waals surface area contributed by atoms with E-state index in [0.717, 1.165) is 31.0 Å². The number of guanidine groups is 1. The highest BCUT2D eigenvalue weighted by Gasteiger charge is 2.01. The molecular weight excluding hydrogens is 336 g/mol. The molecule has 0 atom stereocenters. The minimum Gasteiger partial charge on any atom is -0.453 e. The molecule has 0 fully saturated rings. The van der Waals surface area contributed by atoms with Crippen LogP contribution in [0.5, 0.6) is 0 Å².